The van der Waals surface area contributed by atoms with Crippen molar-refractivity contribution in [2.75, 3.05) is 13.1 Å². The topological polar surface area (TPSA) is 84.0 Å². The molecular formula is C21H18N2O5. The summed E-state index contributed by atoms with van der Waals surface area (Å²) in [5.74, 6) is -2.73. The van der Waals surface area contributed by atoms with Crippen LogP contribution in [0.2, 0.25) is 0 Å². The summed E-state index contributed by atoms with van der Waals surface area (Å²) in [6.07, 6.45) is 1.17. The molecule has 28 heavy (non-hydrogen) atoms. The Kier molecular flexibility index (Phi) is 4.65. The first-order valence-corrected chi connectivity index (χ1v) is 9.10. The number of piperidine rings is 1. The molecule has 0 N–H and O–H groups in total. The van der Waals surface area contributed by atoms with Crippen molar-refractivity contribution in [2.24, 2.45) is 5.92 Å². The van der Waals surface area contributed by atoms with Gasteiger partial charge >= 0.3 is 5.97 Å². The van der Waals surface area contributed by atoms with Gasteiger partial charge < -0.3 is 9.74 Å². The van der Waals surface area contributed by atoms with Crippen molar-refractivity contribution in [1.29, 1.82) is 0 Å². The lowest BCUT2D eigenvalue weighted by Crippen LogP contribution is -2.44. The summed E-state index contributed by atoms with van der Waals surface area (Å²) in [5, 5.41) is 0.519. The fourth-order valence-corrected chi connectivity index (χ4v) is 3.53. The average Bonchev–Trinajstić information content (AvgIpc) is 2.99. The van der Waals surface area contributed by atoms with Gasteiger partial charge in [0.05, 0.1) is 17.0 Å². The van der Waals surface area contributed by atoms with Crippen molar-refractivity contribution in [3.8, 4) is 0 Å². The van der Waals surface area contributed by atoms with E-state index in [-0.39, 0.29) is 23.6 Å². The van der Waals surface area contributed by atoms with Crippen LogP contribution in [-0.4, -0.2) is 46.7 Å². The average molecular weight is 378 g/mol. The van der Waals surface area contributed by atoms with Gasteiger partial charge in [0.1, 0.15) is 0 Å². The standard InChI is InChI=1S/C21H18N2O5/c24-18(14-7-2-1-3-8-14)22-12-6-9-15(13-22)21(27)28-23-19(25)16-10-4-5-11-17(16)20(23)26/h1-5,7-8,10-11,15H,6,9,12-13H2. The fraction of sp³-hybridized carbons (Fsp3) is 0.238. The van der Waals surface area contributed by atoms with Gasteiger partial charge in [-0.25, -0.2) is 4.79 Å². The highest BCUT2D eigenvalue weighted by molar-refractivity contribution is 6.20. The molecule has 1 atom stereocenters. The molecule has 2 aromatic rings. The van der Waals surface area contributed by atoms with Crippen molar-refractivity contribution in [2.45, 2.75) is 12.8 Å². The van der Waals surface area contributed by atoms with Gasteiger partial charge in [-0.2, -0.15) is 0 Å². The summed E-state index contributed by atoms with van der Waals surface area (Å²) in [7, 11) is 0. The molecule has 1 saturated heterocycles. The number of hydrogen-bond acceptors (Lipinski definition) is 5. The van der Waals surface area contributed by atoms with E-state index >= 15 is 0 Å². The molecule has 1 unspecified atom stereocenters. The van der Waals surface area contributed by atoms with E-state index in [4.69, 9.17) is 4.84 Å². The van der Waals surface area contributed by atoms with Gasteiger partial charge in [0, 0.05) is 18.7 Å². The highest BCUT2D eigenvalue weighted by Crippen LogP contribution is 2.25. The number of hydroxylamine groups is 2. The van der Waals surface area contributed by atoms with Gasteiger partial charge in [-0.05, 0) is 37.1 Å². The Labute approximate surface area is 161 Å². The second kappa shape index (κ2) is 7.26. The lowest BCUT2D eigenvalue weighted by molar-refractivity contribution is -0.175. The summed E-state index contributed by atoms with van der Waals surface area (Å²) in [5.41, 5.74) is 0.978. The van der Waals surface area contributed by atoms with Gasteiger partial charge in [-0.1, -0.05) is 35.4 Å². The third-order valence-electron chi connectivity index (χ3n) is 5.00. The van der Waals surface area contributed by atoms with E-state index in [9.17, 15) is 19.2 Å². The van der Waals surface area contributed by atoms with Gasteiger partial charge in [-0.15, -0.1) is 0 Å². The molecule has 0 aliphatic carbocycles. The van der Waals surface area contributed by atoms with Crippen LogP contribution in [-0.2, 0) is 9.63 Å². The molecule has 7 heteroatoms. The molecule has 7 nitrogen and oxygen atoms in total. The number of benzene rings is 2. The summed E-state index contributed by atoms with van der Waals surface area (Å²) in [6.45, 7) is 0.736. The second-order valence-electron chi connectivity index (χ2n) is 6.82. The lowest BCUT2D eigenvalue weighted by atomic mass is 9.97. The largest absolute Gasteiger partial charge is 0.338 e. The van der Waals surface area contributed by atoms with Gasteiger partial charge in [-0.3, -0.25) is 14.4 Å². The van der Waals surface area contributed by atoms with Crippen LogP contribution in [0.25, 0.3) is 0 Å². The molecule has 2 heterocycles. The Morgan fingerprint density at radius 3 is 2.14 bits per heavy atom. The van der Waals surface area contributed by atoms with E-state index in [1.165, 1.54) is 12.1 Å². The molecule has 0 bridgehead atoms. The van der Waals surface area contributed by atoms with E-state index in [2.05, 4.69) is 0 Å². The first kappa shape index (κ1) is 17.9. The van der Waals surface area contributed by atoms with Crippen molar-refractivity contribution >= 4 is 23.7 Å². The maximum absolute atomic E-state index is 12.6. The maximum Gasteiger partial charge on any atom is 0.338 e. The molecule has 0 spiro atoms. The number of rotatable bonds is 3. The first-order chi connectivity index (χ1) is 13.6. The highest BCUT2D eigenvalue weighted by atomic mass is 16.7. The Balaban J connectivity index is 1.44. The zero-order chi connectivity index (χ0) is 19.7. The predicted molar refractivity (Wildman–Crippen MR) is 98.1 cm³/mol. The number of likely N-dealkylation sites (tertiary alicyclic amines) is 1. The fourth-order valence-electron chi connectivity index (χ4n) is 3.53. The number of fused-ring (bicyclic) bond motifs is 1. The van der Waals surface area contributed by atoms with E-state index < -0.39 is 23.7 Å². The van der Waals surface area contributed by atoms with Crippen molar-refractivity contribution in [3.05, 3.63) is 71.3 Å². The number of amides is 3. The molecule has 4 rings (SSSR count). The molecule has 0 saturated carbocycles. The Bertz CT molecular complexity index is 921. The summed E-state index contributed by atoms with van der Waals surface area (Å²) < 4.78 is 0. The molecule has 142 valence electrons. The normalized spacial score (nSPS) is 18.8. The molecule has 0 radical (unpaired) electrons. The zero-order valence-corrected chi connectivity index (χ0v) is 15.0. The molecule has 3 amide bonds. The summed E-state index contributed by atoms with van der Waals surface area (Å²) in [4.78, 5) is 56.7. The Hall–Kier alpha value is -3.48. The van der Waals surface area contributed by atoms with Gasteiger partial charge in [0.25, 0.3) is 17.7 Å². The minimum absolute atomic E-state index is 0.154. The molecule has 2 aromatic carbocycles. The third kappa shape index (κ3) is 3.15. The van der Waals surface area contributed by atoms with Crippen LogP contribution in [0.3, 0.4) is 0 Å². The number of carbonyl (C=O) groups excluding carboxylic acids is 4. The lowest BCUT2D eigenvalue weighted by Gasteiger charge is -2.32. The van der Waals surface area contributed by atoms with E-state index in [0.717, 1.165) is 0 Å². The Morgan fingerprint density at radius 1 is 0.893 bits per heavy atom. The van der Waals surface area contributed by atoms with Crippen molar-refractivity contribution < 1.29 is 24.0 Å². The quantitative estimate of drug-likeness (QED) is 0.765. The monoisotopic (exact) mass is 378 g/mol. The number of imide groups is 1. The zero-order valence-electron chi connectivity index (χ0n) is 15.0. The van der Waals surface area contributed by atoms with Crippen molar-refractivity contribution in [3.63, 3.8) is 0 Å². The third-order valence-corrected chi connectivity index (χ3v) is 5.00. The number of hydrogen-bond donors (Lipinski definition) is 0. The predicted octanol–water partition coefficient (Wildman–Crippen LogP) is 2.29. The SMILES string of the molecule is O=C(ON1C(=O)c2ccccc2C1=O)C1CCCN(C(=O)c2ccccc2)C1. The second-order valence-corrected chi connectivity index (χ2v) is 6.82. The van der Waals surface area contributed by atoms with Crippen LogP contribution >= 0.6 is 0 Å². The van der Waals surface area contributed by atoms with Crippen LogP contribution in [0, 0.1) is 5.92 Å². The van der Waals surface area contributed by atoms with Crippen molar-refractivity contribution in [1.82, 2.24) is 9.96 Å². The van der Waals surface area contributed by atoms with E-state index in [1.807, 2.05) is 6.07 Å². The van der Waals surface area contributed by atoms with Gasteiger partial charge in [0.2, 0.25) is 0 Å². The highest BCUT2D eigenvalue weighted by Gasteiger charge is 2.40. The molecule has 2 aliphatic heterocycles. The minimum Gasteiger partial charge on any atom is -0.338 e. The summed E-state index contributed by atoms with van der Waals surface area (Å²) >= 11 is 0. The number of nitrogens with zero attached hydrogens (tertiary/aromatic N) is 2. The van der Waals surface area contributed by atoms with Crippen LogP contribution in [0.1, 0.15) is 43.9 Å². The molecular weight excluding hydrogens is 360 g/mol. The summed E-state index contributed by atoms with van der Waals surface area (Å²) in [6, 6.07) is 15.2. The van der Waals surface area contributed by atoms with Crippen LogP contribution in [0.5, 0.6) is 0 Å². The maximum atomic E-state index is 12.6. The smallest absolute Gasteiger partial charge is 0.338 e. The molecule has 2 aliphatic rings. The molecule has 0 aromatic heterocycles. The first-order valence-electron chi connectivity index (χ1n) is 9.10. The van der Waals surface area contributed by atoms with E-state index in [0.29, 0.717) is 30.0 Å². The van der Waals surface area contributed by atoms with E-state index in [1.54, 1.807) is 41.3 Å². The van der Waals surface area contributed by atoms with Crippen LogP contribution in [0.4, 0.5) is 0 Å². The minimum atomic E-state index is -0.680. The van der Waals surface area contributed by atoms with Gasteiger partial charge in [0.15, 0.2) is 0 Å². The Morgan fingerprint density at radius 2 is 1.50 bits per heavy atom. The van der Waals surface area contributed by atoms with Crippen LogP contribution in [0.15, 0.2) is 54.6 Å². The molecule has 1 fully saturated rings. The number of carbonyl (C=O) groups is 4. The van der Waals surface area contributed by atoms with Crippen LogP contribution < -0.4 is 0 Å².